The molecule has 1 aliphatic heterocycles. The van der Waals surface area contributed by atoms with Crippen molar-refractivity contribution in [1.82, 2.24) is 9.55 Å². The summed E-state index contributed by atoms with van der Waals surface area (Å²) in [5.74, 6) is 0.564. The second-order valence-corrected chi connectivity index (χ2v) is 4.26. The van der Waals surface area contributed by atoms with Gasteiger partial charge in [0, 0.05) is 18.2 Å². The van der Waals surface area contributed by atoms with Gasteiger partial charge in [0.25, 0.3) is 0 Å². The van der Waals surface area contributed by atoms with E-state index in [1.165, 1.54) is 18.5 Å². The molecule has 2 heterocycles. The molecule has 0 aliphatic carbocycles. The number of hydrogen-bond acceptors (Lipinski definition) is 2. The third kappa shape index (κ3) is 1.55. The van der Waals surface area contributed by atoms with Crippen molar-refractivity contribution in [2.75, 3.05) is 6.54 Å². The second-order valence-electron chi connectivity index (χ2n) is 3.92. The van der Waals surface area contributed by atoms with Crippen LogP contribution in [0, 0.1) is 6.92 Å². The van der Waals surface area contributed by atoms with Crippen LogP contribution in [-0.2, 0) is 6.54 Å². The van der Waals surface area contributed by atoms with Crippen LogP contribution in [0.1, 0.15) is 36.6 Å². The lowest BCUT2D eigenvalue weighted by Gasteiger charge is -2.24. The maximum Gasteiger partial charge on any atom is 0.203 e. The highest BCUT2D eigenvalue weighted by molar-refractivity contribution is 6.28. The van der Waals surface area contributed by atoms with E-state index in [-0.39, 0.29) is 0 Å². The Kier molecular flexibility index (Phi) is 2.79. The van der Waals surface area contributed by atoms with Crippen molar-refractivity contribution in [2.45, 2.75) is 38.6 Å². The first kappa shape index (κ1) is 9.99. The van der Waals surface area contributed by atoms with E-state index in [1.807, 2.05) is 6.92 Å². The minimum atomic E-state index is 0.564. The summed E-state index contributed by atoms with van der Waals surface area (Å²) in [5, 5.41) is 0.638. The van der Waals surface area contributed by atoms with E-state index < -0.39 is 0 Å². The zero-order valence-electron chi connectivity index (χ0n) is 8.46. The minimum Gasteiger partial charge on any atom is -0.330 e. The molecule has 2 N–H and O–H groups in total. The molecule has 1 aliphatic rings. The van der Waals surface area contributed by atoms with Crippen molar-refractivity contribution in [3.63, 3.8) is 0 Å². The van der Waals surface area contributed by atoms with E-state index >= 15 is 0 Å². The zero-order valence-corrected chi connectivity index (χ0v) is 9.22. The lowest BCUT2D eigenvalue weighted by Crippen LogP contribution is -2.18. The Morgan fingerprint density at radius 1 is 1.64 bits per heavy atom. The van der Waals surface area contributed by atoms with E-state index in [4.69, 9.17) is 17.3 Å². The molecule has 0 saturated carbocycles. The summed E-state index contributed by atoms with van der Waals surface area (Å²) in [5.41, 5.74) is 8.00. The quantitative estimate of drug-likeness (QED) is 0.818. The molecular formula is C10H16ClN3. The third-order valence-corrected chi connectivity index (χ3v) is 3.27. The van der Waals surface area contributed by atoms with Crippen LogP contribution in [0.2, 0.25) is 5.28 Å². The largest absolute Gasteiger partial charge is 0.330 e. The number of nitrogens with zero attached hydrogens (tertiary/aromatic N) is 2. The van der Waals surface area contributed by atoms with Gasteiger partial charge in [-0.1, -0.05) is 0 Å². The predicted octanol–water partition coefficient (Wildman–Crippen LogP) is 2.07. The number of halogens is 1. The van der Waals surface area contributed by atoms with Gasteiger partial charge in [-0.2, -0.15) is 0 Å². The highest BCUT2D eigenvalue weighted by Gasteiger charge is 2.24. The van der Waals surface area contributed by atoms with Gasteiger partial charge in [-0.25, -0.2) is 4.98 Å². The molecule has 0 bridgehead atoms. The van der Waals surface area contributed by atoms with Crippen LogP contribution in [0.25, 0.3) is 0 Å². The molecule has 0 aromatic carbocycles. The van der Waals surface area contributed by atoms with Crippen LogP contribution in [0.15, 0.2) is 0 Å². The fraction of sp³-hybridized carbons (Fsp3) is 0.700. The summed E-state index contributed by atoms with van der Waals surface area (Å²) in [6.07, 6.45) is 3.45. The van der Waals surface area contributed by atoms with Gasteiger partial charge < -0.3 is 10.3 Å². The van der Waals surface area contributed by atoms with E-state index in [0.717, 1.165) is 25.2 Å². The summed E-state index contributed by atoms with van der Waals surface area (Å²) >= 11 is 6.05. The average Bonchev–Trinajstić information content (AvgIpc) is 2.44. The van der Waals surface area contributed by atoms with Gasteiger partial charge in [0.2, 0.25) is 5.28 Å². The Labute approximate surface area is 89.3 Å². The van der Waals surface area contributed by atoms with E-state index in [1.54, 1.807) is 0 Å². The Morgan fingerprint density at radius 2 is 2.43 bits per heavy atom. The standard InChI is InChI=1S/C10H16ClN3/c1-7-9-8(4-5-12)3-2-6-14(9)10(11)13-7/h8H,2-6,12H2,1H3. The maximum atomic E-state index is 6.05. The topological polar surface area (TPSA) is 43.8 Å². The molecule has 1 aromatic heterocycles. The van der Waals surface area contributed by atoms with Crippen LogP contribution < -0.4 is 5.73 Å². The number of imidazole rings is 1. The SMILES string of the molecule is Cc1nc(Cl)n2c1C(CCN)CCC2. The summed E-state index contributed by atoms with van der Waals surface area (Å²) in [6.45, 7) is 3.79. The number of rotatable bonds is 2. The molecule has 78 valence electrons. The molecule has 1 unspecified atom stereocenters. The first-order valence-corrected chi connectivity index (χ1v) is 5.54. The Hall–Kier alpha value is -0.540. The minimum absolute atomic E-state index is 0.564. The lowest BCUT2D eigenvalue weighted by molar-refractivity contribution is 0.437. The van der Waals surface area contributed by atoms with Crippen molar-refractivity contribution in [3.8, 4) is 0 Å². The van der Waals surface area contributed by atoms with Gasteiger partial charge in [0.15, 0.2) is 0 Å². The second kappa shape index (κ2) is 3.91. The summed E-state index contributed by atoms with van der Waals surface area (Å²) in [4.78, 5) is 4.31. The molecule has 0 spiro atoms. The van der Waals surface area contributed by atoms with Gasteiger partial charge in [0.1, 0.15) is 0 Å². The number of aryl methyl sites for hydroxylation is 1. The van der Waals surface area contributed by atoms with Crippen LogP contribution in [0.3, 0.4) is 0 Å². The van der Waals surface area contributed by atoms with Crippen molar-refractivity contribution in [3.05, 3.63) is 16.7 Å². The first-order chi connectivity index (χ1) is 6.74. The fourth-order valence-corrected chi connectivity index (χ4v) is 2.70. The Bertz CT molecular complexity index is 332. The molecule has 4 heteroatoms. The monoisotopic (exact) mass is 213 g/mol. The van der Waals surface area contributed by atoms with Crippen LogP contribution in [-0.4, -0.2) is 16.1 Å². The molecule has 0 saturated heterocycles. The van der Waals surface area contributed by atoms with Crippen LogP contribution in [0.4, 0.5) is 0 Å². The van der Waals surface area contributed by atoms with Crippen LogP contribution in [0.5, 0.6) is 0 Å². The highest BCUT2D eigenvalue weighted by atomic mass is 35.5. The molecule has 14 heavy (non-hydrogen) atoms. The summed E-state index contributed by atoms with van der Waals surface area (Å²) in [6, 6.07) is 0. The van der Waals surface area contributed by atoms with E-state index in [0.29, 0.717) is 11.2 Å². The van der Waals surface area contributed by atoms with E-state index in [9.17, 15) is 0 Å². The summed E-state index contributed by atoms with van der Waals surface area (Å²) in [7, 11) is 0. The van der Waals surface area contributed by atoms with Crippen molar-refractivity contribution >= 4 is 11.6 Å². The van der Waals surface area contributed by atoms with Crippen molar-refractivity contribution in [2.24, 2.45) is 5.73 Å². The van der Waals surface area contributed by atoms with Crippen LogP contribution >= 0.6 is 11.6 Å². The zero-order chi connectivity index (χ0) is 10.1. The number of aromatic nitrogens is 2. The molecule has 0 fully saturated rings. The Balaban J connectivity index is 2.37. The van der Waals surface area contributed by atoms with Gasteiger partial charge in [-0.3, -0.25) is 0 Å². The number of hydrogen-bond donors (Lipinski definition) is 1. The van der Waals surface area contributed by atoms with Crippen molar-refractivity contribution < 1.29 is 0 Å². The smallest absolute Gasteiger partial charge is 0.203 e. The third-order valence-electron chi connectivity index (χ3n) is 2.98. The Morgan fingerprint density at radius 3 is 3.14 bits per heavy atom. The molecule has 2 rings (SSSR count). The van der Waals surface area contributed by atoms with Gasteiger partial charge in [0.05, 0.1) is 5.69 Å². The van der Waals surface area contributed by atoms with Gasteiger partial charge >= 0.3 is 0 Å². The lowest BCUT2D eigenvalue weighted by atomic mass is 9.91. The van der Waals surface area contributed by atoms with Gasteiger partial charge in [-0.15, -0.1) is 0 Å². The first-order valence-electron chi connectivity index (χ1n) is 5.16. The molecule has 1 aromatic rings. The highest BCUT2D eigenvalue weighted by Crippen LogP contribution is 2.34. The van der Waals surface area contributed by atoms with Gasteiger partial charge in [-0.05, 0) is 44.3 Å². The molecule has 3 nitrogen and oxygen atoms in total. The number of nitrogens with two attached hydrogens (primary N) is 1. The fourth-order valence-electron chi connectivity index (χ4n) is 2.39. The predicted molar refractivity (Wildman–Crippen MR) is 57.6 cm³/mol. The molecule has 0 radical (unpaired) electrons. The van der Waals surface area contributed by atoms with Crippen molar-refractivity contribution in [1.29, 1.82) is 0 Å². The molecular weight excluding hydrogens is 198 g/mol. The average molecular weight is 214 g/mol. The summed E-state index contributed by atoms with van der Waals surface area (Å²) < 4.78 is 2.14. The molecule has 0 amide bonds. The number of fused-ring (bicyclic) bond motifs is 1. The van der Waals surface area contributed by atoms with E-state index in [2.05, 4.69) is 9.55 Å². The maximum absolute atomic E-state index is 6.05. The molecule has 1 atom stereocenters. The normalized spacial score (nSPS) is 20.9.